The second kappa shape index (κ2) is 5.70. The molecular formula is C18H25NO2. The van der Waals surface area contributed by atoms with E-state index in [0.717, 1.165) is 11.3 Å². The highest BCUT2D eigenvalue weighted by atomic mass is 16.4. The third-order valence-corrected chi connectivity index (χ3v) is 5.54. The number of anilines is 1. The smallest absolute Gasteiger partial charge is 0.335 e. The van der Waals surface area contributed by atoms with Gasteiger partial charge in [-0.1, -0.05) is 12.8 Å². The molecule has 2 fully saturated rings. The highest BCUT2D eigenvalue weighted by Crippen LogP contribution is 2.49. The van der Waals surface area contributed by atoms with Crippen molar-refractivity contribution in [2.24, 2.45) is 5.41 Å². The van der Waals surface area contributed by atoms with Gasteiger partial charge in [0.05, 0.1) is 5.56 Å². The van der Waals surface area contributed by atoms with Crippen molar-refractivity contribution in [1.82, 2.24) is 0 Å². The van der Waals surface area contributed by atoms with Crippen LogP contribution in [0.25, 0.3) is 0 Å². The number of nitrogens with one attached hydrogen (secondary N) is 1. The number of carboxylic acid groups (broad SMARTS) is 1. The molecule has 3 nitrogen and oxygen atoms in total. The number of benzene rings is 1. The lowest BCUT2D eigenvalue weighted by molar-refractivity contribution is 0.0697. The lowest BCUT2D eigenvalue weighted by atomic mass is 9.71. The molecule has 0 aliphatic heterocycles. The van der Waals surface area contributed by atoms with Gasteiger partial charge >= 0.3 is 5.97 Å². The van der Waals surface area contributed by atoms with E-state index in [2.05, 4.69) is 5.32 Å². The Morgan fingerprint density at radius 2 is 1.86 bits per heavy atom. The van der Waals surface area contributed by atoms with E-state index in [-0.39, 0.29) is 0 Å². The molecule has 0 amide bonds. The Morgan fingerprint density at radius 1 is 1.19 bits per heavy atom. The van der Waals surface area contributed by atoms with E-state index in [9.17, 15) is 4.79 Å². The molecule has 3 heteroatoms. The van der Waals surface area contributed by atoms with Gasteiger partial charge in [-0.3, -0.25) is 0 Å². The van der Waals surface area contributed by atoms with Crippen LogP contribution in [0.4, 0.5) is 5.69 Å². The summed E-state index contributed by atoms with van der Waals surface area (Å²) in [6.07, 6.45) is 10.9. The van der Waals surface area contributed by atoms with E-state index in [1.807, 2.05) is 13.0 Å². The lowest BCUT2D eigenvalue weighted by Gasteiger charge is -2.38. The van der Waals surface area contributed by atoms with Gasteiger partial charge in [-0.15, -0.1) is 0 Å². The van der Waals surface area contributed by atoms with Crippen molar-refractivity contribution in [1.29, 1.82) is 0 Å². The fourth-order valence-corrected chi connectivity index (χ4v) is 4.18. The number of aromatic carboxylic acids is 1. The van der Waals surface area contributed by atoms with Crippen LogP contribution in [0.1, 0.15) is 67.3 Å². The van der Waals surface area contributed by atoms with E-state index < -0.39 is 5.97 Å². The zero-order valence-corrected chi connectivity index (χ0v) is 12.8. The Kier molecular flexibility index (Phi) is 3.92. The first kappa shape index (κ1) is 14.4. The highest BCUT2D eigenvalue weighted by molar-refractivity contribution is 5.88. The van der Waals surface area contributed by atoms with Crippen LogP contribution >= 0.6 is 0 Å². The second-order valence-corrected chi connectivity index (χ2v) is 6.96. The Balaban J connectivity index is 1.61. The van der Waals surface area contributed by atoms with Gasteiger partial charge in [0, 0.05) is 11.7 Å². The first-order chi connectivity index (χ1) is 10.1. The van der Waals surface area contributed by atoms with Gasteiger partial charge < -0.3 is 10.4 Å². The number of hydrogen-bond acceptors (Lipinski definition) is 2. The third-order valence-electron chi connectivity index (χ3n) is 5.54. The van der Waals surface area contributed by atoms with Gasteiger partial charge in [-0.25, -0.2) is 4.79 Å². The summed E-state index contributed by atoms with van der Waals surface area (Å²) in [5, 5.41) is 12.6. The van der Waals surface area contributed by atoms with E-state index in [0.29, 0.717) is 17.0 Å². The maximum Gasteiger partial charge on any atom is 0.335 e. The Hall–Kier alpha value is -1.51. The Morgan fingerprint density at radius 3 is 2.43 bits per heavy atom. The fourth-order valence-electron chi connectivity index (χ4n) is 4.18. The van der Waals surface area contributed by atoms with Crippen LogP contribution in [0, 0.1) is 12.3 Å². The van der Waals surface area contributed by atoms with Crippen molar-refractivity contribution in [2.45, 2.75) is 64.3 Å². The van der Waals surface area contributed by atoms with E-state index in [4.69, 9.17) is 5.11 Å². The first-order valence-corrected chi connectivity index (χ1v) is 8.19. The van der Waals surface area contributed by atoms with Crippen LogP contribution in [0.15, 0.2) is 18.2 Å². The minimum Gasteiger partial charge on any atom is -0.478 e. The van der Waals surface area contributed by atoms with Gasteiger partial charge in [0.25, 0.3) is 0 Å². The van der Waals surface area contributed by atoms with E-state index in [1.54, 1.807) is 12.1 Å². The van der Waals surface area contributed by atoms with Crippen LogP contribution in [-0.2, 0) is 0 Å². The Bertz CT molecular complexity index is 522. The lowest BCUT2D eigenvalue weighted by Crippen LogP contribution is -2.31. The van der Waals surface area contributed by atoms with E-state index in [1.165, 1.54) is 51.4 Å². The van der Waals surface area contributed by atoms with Crippen LogP contribution in [0.5, 0.6) is 0 Å². The maximum atomic E-state index is 11.0. The average molecular weight is 287 g/mol. The van der Waals surface area contributed by atoms with Gasteiger partial charge in [-0.05, 0) is 74.6 Å². The molecule has 21 heavy (non-hydrogen) atoms. The molecule has 2 aliphatic carbocycles. The summed E-state index contributed by atoms with van der Waals surface area (Å²) in [6, 6.07) is 5.91. The van der Waals surface area contributed by atoms with Crippen LogP contribution in [0.2, 0.25) is 0 Å². The number of hydrogen-bond donors (Lipinski definition) is 2. The molecule has 2 saturated carbocycles. The monoisotopic (exact) mass is 287 g/mol. The normalized spacial score (nSPS) is 21.6. The van der Waals surface area contributed by atoms with Gasteiger partial charge in [0.2, 0.25) is 0 Å². The zero-order chi connectivity index (χ0) is 14.9. The zero-order valence-electron chi connectivity index (χ0n) is 12.8. The van der Waals surface area contributed by atoms with Gasteiger partial charge in [0.15, 0.2) is 0 Å². The van der Waals surface area contributed by atoms with Crippen molar-refractivity contribution in [3.8, 4) is 0 Å². The van der Waals surface area contributed by atoms with Crippen LogP contribution < -0.4 is 5.32 Å². The quantitative estimate of drug-likeness (QED) is 0.853. The number of carboxylic acids is 1. The molecular weight excluding hydrogens is 262 g/mol. The van der Waals surface area contributed by atoms with Crippen molar-refractivity contribution in [3.05, 3.63) is 29.3 Å². The second-order valence-electron chi connectivity index (χ2n) is 6.96. The minimum atomic E-state index is -0.856. The molecule has 2 aliphatic rings. The standard InChI is InChI=1S/C18H25NO2/c1-13-12-14(17(20)21)4-5-16(13)19-15-6-10-18(11-7-15)8-2-3-9-18/h4-5,12,15,19H,2-3,6-11H2,1H3,(H,20,21). The number of rotatable bonds is 3. The SMILES string of the molecule is Cc1cc(C(=O)O)ccc1NC1CCC2(CCCC2)CC1. The molecule has 3 rings (SSSR count). The molecule has 0 radical (unpaired) electrons. The predicted molar refractivity (Wildman–Crippen MR) is 84.9 cm³/mol. The molecule has 0 atom stereocenters. The Labute approximate surface area is 126 Å². The van der Waals surface area contributed by atoms with Crippen LogP contribution in [-0.4, -0.2) is 17.1 Å². The largest absolute Gasteiger partial charge is 0.478 e. The van der Waals surface area contributed by atoms with Gasteiger partial charge in [0.1, 0.15) is 0 Å². The van der Waals surface area contributed by atoms with Crippen molar-refractivity contribution in [3.63, 3.8) is 0 Å². The molecule has 0 saturated heterocycles. The third kappa shape index (κ3) is 3.07. The topological polar surface area (TPSA) is 49.3 Å². The summed E-state index contributed by atoms with van der Waals surface area (Å²) in [7, 11) is 0. The molecule has 114 valence electrons. The van der Waals surface area contributed by atoms with Crippen molar-refractivity contribution < 1.29 is 9.90 Å². The molecule has 0 bridgehead atoms. The average Bonchev–Trinajstić information content (AvgIpc) is 2.92. The molecule has 1 spiro atoms. The molecule has 0 aromatic heterocycles. The van der Waals surface area contributed by atoms with Crippen molar-refractivity contribution in [2.75, 3.05) is 5.32 Å². The predicted octanol–water partition coefficient (Wildman–Crippen LogP) is 4.61. The summed E-state index contributed by atoms with van der Waals surface area (Å²) in [5.41, 5.74) is 3.15. The summed E-state index contributed by atoms with van der Waals surface area (Å²) < 4.78 is 0. The van der Waals surface area contributed by atoms with Gasteiger partial charge in [-0.2, -0.15) is 0 Å². The summed E-state index contributed by atoms with van der Waals surface area (Å²) in [4.78, 5) is 11.0. The molecule has 0 unspecified atom stereocenters. The summed E-state index contributed by atoms with van der Waals surface area (Å²) in [5.74, 6) is -0.856. The number of aryl methyl sites for hydroxylation is 1. The summed E-state index contributed by atoms with van der Waals surface area (Å²) >= 11 is 0. The first-order valence-electron chi connectivity index (χ1n) is 8.19. The highest BCUT2D eigenvalue weighted by Gasteiger charge is 2.37. The minimum absolute atomic E-state index is 0.367. The molecule has 1 aromatic rings. The molecule has 1 aromatic carbocycles. The summed E-state index contributed by atoms with van der Waals surface area (Å²) in [6.45, 7) is 1.98. The van der Waals surface area contributed by atoms with Crippen LogP contribution in [0.3, 0.4) is 0 Å². The molecule has 2 N–H and O–H groups in total. The molecule has 0 heterocycles. The fraction of sp³-hybridized carbons (Fsp3) is 0.611. The van der Waals surface area contributed by atoms with E-state index >= 15 is 0 Å². The number of carbonyl (C=O) groups is 1. The van der Waals surface area contributed by atoms with Crippen molar-refractivity contribution >= 4 is 11.7 Å². The maximum absolute atomic E-state index is 11.0.